The number of amides is 2. The molecule has 0 radical (unpaired) electrons. The SMILES string of the molecule is COCCCc1cc(CN(C(=O)[C@H]2CN(C(=O)OC(C)(C)C)CC[C@@H]2c2ccc(OCCOc3c(Cl)cc(C)cc3Cl)cc2)C2CC2)cc(OCc2ccc(C(=O)OC)cc2)c1. The zero-order valence-electron chi connectivity index (χ0n) is 36.5. The van der Waals surface area contributed by atoms with Crippen LogP contribution in [0.25, 0.3) is 0 Å². The number of ether oxygens (including phenoxy) is 6. The standard InChI is InChI=1S/C49H58Cl2N2O9/c1-32-24-43(50)45(44(51)25-32)60-23-22-59-39-17-13-36(14-18-39)41-19-20-52(48(56)62-49(2,3)4)30-42(41)46(54)53(38-15-16-38)29-35-26-34(8-7-21-57-5)27-40(28-35)61-31-33-9-11-37(12-10-33)47(55)58-6/h9-14,17-18,24-28,38,41-42H,7-8,15-16,19-23,29-31H2,1-6H3/t41-,42+/m1/s1. The van der Waals surface area contributed by atoms with Crippen molar-refractivity contribution in [2.45, 2.75) is 90.5 Å². The highest BCUT2D eigenvalue weighted by Crippen LogP contribution is 2.39. The number of rotatable bonds is 18. The molecule has 0 N–H and O–H groups in total. The molecule has 4 aromatic rings. The maximum Gasteiger partial charge on any atom is 0.410 e. The first-order valence-electron chi connectivity index (χ1n) is 21.2. The van der Waals surface area contributed by atoms with E-state index in [0.29, 0.717) is 65.6 Å². The molecule has 2 fully saturated rings. The number of likely N-dealkylation sites (tertiary alicyclic amines) is 1. The van der Waals surface area contributed by atoms with Crippen LogP contribution in [-0.2, 0) is 38.6 Å². The lowest BCUT2D eigenvalue weighted by Gasteiger charge is -2.40. The second kappa shape index (κ2) is 21.4. The molecular formula is C49H58Cl2N2O9. The van der Waals surface area contributed by atoms with Gasteiger partial charge in [-0.3, -0.25) is 4.79 Å². The molecule has 13 heteroatoms. The molecule has 1 aliphatic heterocycles. The molecule has 11 nitrogen and oxygen atoms in total. The van der Waals surface area contributed by atoms with E-state index in [4.69, 9.17) is 51.6 Å². The van der Waals surface area contributed by atoms with Gasteiger partial charge in [-0.2, -0.15) is 0 Å². The van der Waals surface area contributed by atoms with Crippen molar-refractivity contribution < 1.29 is 42.8 Å². The third-order valence-electron chi connectivity index (χ3n) is 10.9. The van der Waals surface area contributed by atoms with Crippen molar-refractivity contribution in [3.05, 3.63) is 122 Å². The molecule has 1 heterocycles. The van der Waals surface area contributed by atoms with Crippen LogP contribution in [0.3, 0.4) is 0 Å². The normalized spacial score (nSPS) is 16.4. The summed E-state index contributed by atoms with van der Waals surface area (Å²) in [7, 11) is 3.05. The first-order chi connectivity index (χ1) is 29.7. The van der Waals surface area contributed by atoms with E-state index >= 15 is 4.79 Å². The lowest BCUT2D eigenvalue weighted by atomic mass is 9.79. The summed E-state index contributed by atoms with van der Waals surface area (Å²) in [4.78, 5) is 44.1. The highest BCUT2D eigenvalue weighted by Gasteiger charge is 2.43. The monoisotopic (exact) mass is 888 g/mol. The third-order valence-corrected chi connectivity index (χ3v) is 11.4. The first kappa shape index (κ1) is 46.5. The van der Waals surface area contributed by atoms with Crippen LogP contribution in [0.2, 0.25) is 10.0 Å². The number of esters is 1. The van der Waals surface area contributed by atoms with Gasteiger partial charge in [0, 0.05) is 39.4 Å². The Morgan fingerprint density at radius 1 is 0.774 bits per heavy atom. The van der Waals surface area contributed by atoms with Crippen molar-refractivity contribution in [3.8, 4) is 17.2 Å². The van der Waals surface area contributed by atoms with Gasteiger partial charge in [0.15, 0.2) is 5.75 Å². The number of piperidine rings is 1. The zero-order chi connectivity index (χ0) is 44.4. The summed E-state index contributed by atoms with van der Waals surface area (Å²) < 4.78 is 34.1. The third kappa shape index (κ3) is 13.0. The highest BCUT2D eigenvalue weighted by atomic mass is 35.5. The van der Waals surface area contributed by atoms with E-state index in [1.165, 1.54) is 7.11 Å². The van der Waals surface area contributed by atoms with Crippen LogP contribution in [-0.4, -0.2) is 86.5 Å². The maximum absolute atomic E-state index is 15.0. The predicted molar refractivity (Wildman–Crippen MR) is 240 cm³/mol. The molecular weight excluding hydrogens is 831 g/mol. The van der Waals surface area contributed by atoms with E-state index in [0.717, 1.165) is 53.5 Å². The van der Waals surface area contributed by atoms with Crippen molar-refractivity contribution in [1.82, 2.24) is 9.80 Å². The van der Waals surface area contributed by atoms with Gasteiger partial charge in [-0.15, -0.1) is 0 Å². The number of carbonyl (C=O) groups excluding carboxylic acids is 3. The molecule has 62 heavy (non-hydrogen) atoms. The van der Waals surface area contributed by atoms with E-state index in [1.54, 1.807) is 36.3 Å². The zero-order valence-corrected chi connectivity index (χ0v) is 38.1. The van der Waals surface area contributed by atoms with Crippen molar-refractivity contribution in [3.63, 3.8) is 0 Å². The van der Waals surface area contributed by atoms with Crippen LogP contribution < -0.4 is 14.2 Å². The van der Waals surface area contributed by atoms with Gasteiger partial charge in [-0.25, -0.2) is 9.59 Å². The van der Waals surface area contributed by atoms with E-state index in [9.17, 15) is 9.59 Å². The second-order valence-corrected chi connectivity index (χ2v) is 17.8. The van der Waals surface area contributed by atoms with Gasteiger partial charge in [-0.1, -0.05) is 53.5 Å². The molecule has 0 spiro atoms. The number of hydrogen-bond acceptors (Lipinski definition) is 9. The van der Waals surface area contributed by atoms with Crippen LogP contribution in [0.1, 0.15) is 90.5 Å². The molecule has 0 bridgehead atoms. The Balaban J connectivity index is 1.19. The Labute approximate surface area is 375 Å². The predicted octanol–water partition coefficient (Wildman–Crippen LogP) is 10.2. The smallest absolute Gasteiger partial charge is 0.410 e. The Morgan fingerprint density at radius 2 is 1.45 bits per heavy atom. The molecule has 2 aliphatic rings. The summed E-state index contributed by atoms with van der Waals surface area (Å²) in [5.41, 5.74) is 4.69. The van der Waals surface area contributed by atoms with Crippen LogP contribution >= 0.6 is 23.2 Å². The summed E-state index contributed by atoms with van der Waals surface area (Å²) in [6.07, 6.45) is 3.61. The topological polar surface area (TPSA) is 113 Å². The summed E-state index contributed by atoms with van der Waals surface area (Å²) in [5.74, 6) is 0.748. The molecule has 4 aromatic carbocycles. The first-order valence-corrected chi connectivity index (χ1v) is 22.0. The minimum Gasteiger partial charge on any atom is -0.490 e. The Bertz CT molecular complexity index is 2130. The van der Waals surface area contributed by atoms with E-state index in [1.807, 2.05) is 81.1 Å². The molecule has 2 amide bonds. The Morgan fingerprint density at radius 3 is 2.10 bits per heavy atom. The summed E-state index contributed by atoms with van der Waals surface area (Å²) in [6, 6.07) is 24.9. The fourth-order valence-electron chi connectivity index (χ4n) is 7.71. The molecule has 0 aromatic heterocycles. The van der Waals surface area contributed by atoms with Crippen LogP contribution in [0.5, 0.6) is 17.2 Å². The van der Waals surface area contributed by atoms with Gasteiger partial charge in [-0.05, 0) is 142 Å². The van der Waals surface area contributed by atoms with Crippen molar-refractivity contribution in [2.24, 2.45) is 5.92 Å². The molecule has 1 saturated heterocycles. The number of aryl methyl sites for hydroxylation is 2. The summed E-state index contributed by atoms with van der Waals surface area (Å²) in [6.45, 7) is 9.99. The molecule has 332 valence electrons. The van der Waals surface area contributed by atoms with Gasteiger partial charge < -0.3 is 38.2 Å². The van der Waals surface area contributed by atoms with Crippen LogP contribution in [0, 0.1) is 12.8 Å². The average Bonchev–Trinajstić information content (AvgIpc) is 4.09. The quantitative estimate of drug-likeness (QED) is 0.0712. The minimum absolute atomic E-state index is 0.00890. The van der Waals surface area contributed by atoms with Gasteiger partial charge in [0.2, 0.25) is 5.91 Å². The Kier molecular flexibility index (Phi) is 16.1. The highest BCUT2D eigenvalue weighted by molar-refractivity contribution is 6.37. The maximum atomic E-state index is 15.0. The van der Waals surface area contributed by atoms with Gasteiger partial charge in [0.25, 0.3) is 0 Å². The fourth-order valence-corrected chi connectivity index (χ4v) is 8.41. The molecule has 0 unspecified atom stereocenters. The molecule has 1 aliphatic carbocycles. The fraction of sp³-hybridized carbons (Fsp3) is 0.449. The number of carbonyl (C=O) groups is 3. The van der Waals surface area contributed by atoms with Gasteiger partial charge in [0.05, 0.1) is 28.6 Å². The Hall–Kier alpha value is -4.97. The van der Waals surface area contributed by atoms with Crippen molar-refractivity contribution in [2.75, 3.05) is 47.1 Å². The number of benzene rings is 4. The second-order valence-electron chi connectivity index (χ2n) is 17.0. The van der Waals surface area contributed by atoms with Gasteiger partial charge >= 0.3 is 12.1 Å². The average molecular weight is 890 g/mol. The lowest BCUT2D eigenvalue weighted by molar-refractivity contribution is -0.139. The van der Waals surface area contributed by atoms with Gasteiger partial charge in [0.1, 0.15) is 36.9 Å². The molecule has 6 rings (SSSR count). The molecule has 2 atom stereocenters. The van der Waals surface area contributed by atoms with E-state index in [-0.39, 0.29) is 37.6 Å². The summed E-state index contributed by atoms with van der Waals surface area (Å²) >= 11 is 12.7. The van der Waals surface area contributed by atoms with Crippen molar-refractivity contribution >= 4 is 41.2 Å². The minimum atomic E-state index is -0.673. The van der Waals surface area contributed by atoms with Crippen molar-refractivity contribution in [1.29, 1.82) is 0 Å². The molecule has 1 saturated carbocycles. The lowest BCUT2D eigenvalue weighted by Crippen LogP contribution is -2.51. The number of halogens is 2. The largest absolute Gasteiger partial charge is 0.490 e. The number of nitrogens with zero attached hydrogens (tertiary/aromatic N) is 2. The van der Waals surface area contributed by atoms with Crippen LogP contribution in [0.4, 0.5) is 4.79 Å². The van der Waals surface area contributed by atoms with E-state index < -0.39 is 23.6 Å². The van der Waals surface area contributed by atoms with Crippen LogP contribution in [0.15, 0.2) is 78.9 Å². The number of hydrogen-bond donors (Lipinski definition) is 0. The number of methoxy groups -OCH3 is 2. The van der Waals surface area contributed by atoms with E-state index in [2.05, 4.69) is 6.07 Å². The summed E-state index contributed by atoms with van der Waals surface area (Å²) in [5, 5.41) is 0.897.